The maximum absolute atomic E-state index is 3.82. The van der Waals surface area contributed by atoms with Crippen LogP contribution < -0.4 is 5.32 Å². The predicted octanol–water partition coefficient (Wildman–Crippen LogP) is 1.79. The van der Waals surface area contributed by atoms with Crippen LogP contribution in [0.5, 0.6) is 0 Å². The molecule has 3 nitrogen and oxygen atoms in total. The lowest BCUT2D eigenvalue weighted by atomic mass is 9.94. The molecule has 0 aromatic carbocycles. The van der Waals surface area contributed by atoms with E-state index in [9.17, 15) is 0 Å². The molecule has 18 heavy (non-hydrogen) atoms. The molecule has 0 aromatic rings. The summed E-state index contributed by atoms with van der Waals surface area (Å²) in [6.07, 6.45) is 5.45. The summed E-state index contributed by atoms with van der Waals surface area (Å²) in [6.45, 7) is 9.76. The molecular weight excluding hydrogens is 222 g/mol. The van der Waals surface area contributed by atoms with E-state index in [0.29, 0.717) is 11.6 Å². The van der Waals surface area contributed by atoms with Crippen molar-refractivity contribution in [2.45, 2.75) is 51.1 Å². The van der Waals surface area contributed by atoms with Crippen LogP contribution in [-0.4, -0.2) is 61.7 Å². The Bertz CT molecular complexity index is 262. The van der Waals surface area contributed by atoms with Crippen molar-refractivity contribution in [1.82, 2.24) is 15.1 Å². The highest BCUT2D eigenvalue weighted by Gasteiger charge is 2.43. The quantitative estimate of drug-likeness (QED) is 0.806. The Morgan fingerprint density at radius 2 is 2.11 bits per heavy atom. The lowest BCUT2D eigenvalue weighted by Gasteiger charge is -2.37. The minimum Gasteiger partial charge on any atom is -0.310 e. The first kappa shape index (κ1) is 14.3. The van der Waals surface area contributed by atoms with Crippen molar-refractivity contribution in [1.29, 1.82) is 0 Å². The fraction of sp³-hybridized carbons (Fsp3) is 1.00. The summed E-state index contributed by atoms with van der Waals surface area (Å²) in [5.41, 5.74) is 0.378. The summed E-state index contributed by atoms with van der Waals surface area (Å²) in [6, 6.07) is 0.713. The van der Waals surface area contributed by atoms with Crippen molar-refractivity contribution in [3.8, 4) is 0 Å². The lowest BCUT2D eigenvalue weighted by molar-refractivity contribution is 0.147. The van der Waals surface area contributed by atoms with E-state index in [4.69, 9.17) is 0 Å². The summed E-state index contributed by atoms with van der Waals surface area (Å²) >= 11 is 0. The van der Waals surface area contributed by atoms with Gasteiger partial charge in [0.05, 0.1) is 0 Å². The van der Waals surface area contributed by atoms with Crippen molar-refractivity contribution in [3.63, 3.8) is 0 Å². The van der Waals surface area contributed by atoms with Gasteiger partial charge in [-0.1, -0.05) is 0 Å². The Morgan fingerprint density at radius 3 is 2.72 bits per heavy atom. The Labute approximate surface area is 113 Å². The van der Waals surface area contributed by atoms with Gasteiger partial charge >= 0.3 is 0 Å². The van der Waals surface area contributed by atoms with Crippen LogP contribution in [0, 0.1) is 5.92 Å². The number of hydrogen-bond donors (Lipinski definition) is 1. The molecule has 1 saturated carbocycles. The highest BCUT2D eigenvalue weighted by molar-refractivity contribution is 5.01. The molecule has 3 heteroatoms. The van der Waals surface area contributed by atoms with Crippen LogP contribution in [0.1, 0.15) is 39.5 Å². The topological polar surface area (TPSA) is 18.5 Å². The zero-order valence-electron chi connectivity index (χ0n) is 12.7. The normalized spacial score (nSPS) is 32.5. The first-order valence-corrected chi connectivity index (χ1v) is 7.65. The van der Waals surface area contributed by atoms with E-state index < -0.39 is 0 Å². The minimum absolute atomic E-state index is 0.378. The molecule has 0 spiro atoms. The largest absolute Gasteiger partial charge is 0.310 e. The lowest BCUT2D eigenvalue weighted by Crippen LogP contribution is -2.52. The van der Waals surface area contributed by atoms with Gasteiger partial charge in [0.1, 0.15) is 0 Å². The summed E-state index contributed by atoms with van der Waals surface area (Å²) in [5, 5.41) is 3.82. The molecule has 2 atom stereocenters. The highest BCUT2D eigenvalue weighted by atomic mass is 15.2. The fourth-order valence-electron chi connectivity index (χ4n) is 3.21. The van der Waals surface area contributed by atoms with Gasteiger partial charge in [-0.15, -0.1) is 0 Å². The standard InChI is InChI=1S/C15H31N3/c1-13(8-11-17(3)4)18-10-5-9-16-15(2,12-18)14-6-7-14/h13-14,16H,5-12H2,1-4H3. The first-order valence-electron chi connectivity index (χ1n) is 7.65. The molecule has 1 aliphatic carbocycles. The van der Waals surface area contributed by atoms with Crippen molar-refractivity contribution in [2.24, 2.45) is 5.92 Å². The maximum atomic E-state index is 3.82. The van der Waals surface area contributed by atoms with E-state index in [-0.39, 0.29) is 0 Å². The zero-order valence-corrected chi connectivity index (χ0v) is 12.7. The zero-order chi connectivity index (χ0) is 13.2. The Balaban J connectivity index is 1.89. The number of rotatable bonds is 5. The van der Waals surface area contributed by atoms with Gasteiger partial charge in [0.25, 0.3) is 0 Å². The second-order valence-electron chi connectivity index (χ2n) is 6.88. The summed E-state index contributed by atoms with van der Waals surface area (Å²) in [7, 11) is 4.34. The smallest absolute Gasteiger partial charge is 0.0308 e. The van der Waals surface area contributed by atoms with Gasteiger partial charge in [0, 0.05) is 18.1 Å². The second-order valence-corrected chi connectivity index (χ2v) is 6.88. The third-order valence-corrected chi connectivity index (χ3v) is 4.78. The van der Waals surface area contributed by atoms with Crippen molar-refractivity contribution < 1.29 is 0 Å². The minimum atomic E-state index is 0.378. The fourth-order valence-corrected chi connectivity index (χ4v) is 3.21. The summed E-state index contributed by atoms with van der Waals surface area (Å²) < 4.78 is 0. The van der Waals surface area contributed by atoms with Crippen LogP contribution in [0.3, 0.4) is 0 Å². The van der Waals surface area contributed by atoms with Gasteiger partial charge in [-0.25, -0.2) is 0 Å². The predicted molar refractivity (Wildman–Crippen MR) is 78.0 cm³/mol. The maximum Gasteiger partial charge on any atom is 0.0308 e. The molecule has 0 radical (unpaired) electrons. The van der Waals surface area contributed by atoms with E-state index in [1.807, 2.05) is 0 Å². The number of nitrogens with one attached hydrogen (secondary N) is 1. The monoisotopic (exact) mass is 253 g/mol. The van der Waals surface area contributed by atoms with Crippen molar-refractivity contribution in [2.75, 3.05) is 40.3 Å². The molecule has 0 aromatic heterocycles. The average Bonchev–Trinajstić information content (AvgIpc) is 3.12. The third-order valence-electron chi connectivity index (χ3n) is 4.78. The van der Waals surface area contributed by atoms with Crippen molar-refractivity contribution >= 4 is 0 Å². The number of nitrogens with zero attached hydrogens (tertiary/aromatic N) is 2. The van der Waals surface area contributed by atoms with Crippen molar-refractivity contribution in [3.05, 3.63) is 0 Å². The van der Waals surface area contributed by atoms with Gasteiger partial charge in [-0.2, -0.15) is 0 Å². The van der Waals surface area contributed by atoms with Gasteiger partial charge in [-0.3, -0.25) is 4.90 Å². The van der Waals surface area contributed by atoms with Gasteiger partial charge in [-0.05, 0) is 79.2 Å². The molecule has 1 aliphatic heterocycles. The SMILES string of the molecule is CC(CCN(C)C)N1CCCNC(C)(C2CC2)C1. The van der Waals surface area contributed by atoms with E-state index in [0.717, 1.165) is 5.92 Å². The number of hydrogen-bond acceptors (Lipinski definition) is 3. The average molecular weight is 253 g/mol. The molecule has 2 fully saturated rings. The Hall–Kier alpha value is -0.120. The van der Waals surface area contributed by atoms with Gasteiger partial charge in [0.2, 0.25) is 0 Å². The third kappa shape index (κ3) is 3.69. The Kier molecular flexibility index (Phi) is 4.68. The summed E-state index contributed by atoms with van der Waals surface area (Å²) in [4.78, 5) is 5.02. The molecular formula is C15H31N3. The van der Waals surface area contributed by atoms with Gasteiger partial charge < -0.3 is 10.2 Å². The molecule has 2 aliphatic rings. The Morgan fingerprint density at radius 1 is 1.39 bits per heavy atom. The first-order chi connectivity index (χ1) is 8.51. The molecule has 106 valence electrons. The van der Waals surface area contributed by atoms with E-state index >= 15 is 0 Å². The molecule has 1 saturated heterocycles. The summed E-state index contributed by atoms with van der Waals surface area (Å²) in [5.74, 6) is 0.930. The second kappa shape index (κ2) is 5.89. The van der Waals surface area contributed by atoms with Crippen LogP contribution in [0.4, 0.5) is 0 Å². The highest BCUT2D eigenvalue weighted by Crippen LogP contribution is 2.40. The van der Waals surface area contributed by atoms with Crippen LogP contribution in [0.2, 0.25) is 0 Å². The van der Waals surface area contributed by atoms with E-state index in [1.165, 1.54) is 51.9 Å². The van der Waals surface area contributed by atoms with Crippen LogP contribution >= 0.6 is 0 Å². The molecule has 1 N–H and O–H groups in total. The molecule has 2 rings (SSSR count). The molecule has 0 amide bonds. The molecule has 0 bridgehead atoms. The van der Waals surface area contributed by atoms with Crippen LogP contribution in [-0.2, 0) is 0 Å². The van der Waals surface area contributed by atoms with Gasteiger partial charge in [0.15, 0.2) is 0 Å². The van der Waals surface area contributed by atoms with Crippen LogP contribution in [0.15, 0.2) is 0 Å². The van der Waals surface area contributed by atoms with E-state index in [2.05, 4.69) is 43.1 Å². The van der Waals surface area contributed by atoms with E-state index in [1.54, 1.807) is 0 Å². The molecule has 2 unspecified atom stereocenters. The van der Waals surface area contributed by atoms with Crippen LogP contribution in [0.25, 0.3) is 0 Å². The molecule has 1 heterocycles.